The first-order valence-electron chi connectivity index (χ1n) is 4.82. The summed E-state index contributed by atoms with van der Waals surface area (Å²) in [5.74, 6) is 0. The molecule has 0 aliphatic carbocycles. The molecule has 1 aromatic rings. The van der Waals surface area contributed by atoms with Gasteiger partial charge in [0.1, 0.15) is 0 Å². The van der Waals surface area contributed by atoms with Crippen molar-refractivity contribution in [3.8, 4) is 0 Å². The number of allylic oxidation sites excluding steroid dienone is 1. The molecule has 0 saturated heterocycles. The van der Waals surface area contributed by atoms with E-state index in [0.717, 1.165) is 0 Å². The Morgan fingerprint density at radius 1 is 1.36 bits per heavy atom. The normalized spacial score (nSPS) is 14.9. The average molecular weight is 229 g/mol. The number of alkyl halides is 1. The number of rotatable bonds is 2. The van der Waals surface area contributed by atoms with Crippen LogP contribution >= 0.6 is 22.9 Å². The zero-order valence-electron chi connectivity index (χ0n) is 9.17. The van der Waals surface area contributed by atoms with Gasteiger partial charge in [-0.3, -0.25) is 0 Å². The molecule has 0 N–H and O–H groups in total. The number of thiophene rings is 1. The summed E-state index contributed by atoms with van der Waals surface area (Å²) in [7, 11) is 0. The minimum atomic E-state index is 0.107. The van der Waals surface area contributed by atoms with Crippen molar-refractivity contribution in [2.45, 2.75) is 38.5 Å². The summed E-state index contributed by atoms with van der Waals surface area (Å²) in [6, 6.07) is 4.35. The Balaban J connectivity index is 2.79. The Morgan fingerprint density at radius 2 is 2.00 bits per heavy atom. The van der Waals surface area contributed by atoms with Crippen LogP contribution in [0.2, 0.25) is 0 Å². The van der Waals surface area contributed by atoms with E-state index >= 15 is 0 Å². The van der Waals surface area contributed by atoms with Gasteiger partial charge in [0, 0.05) is 15.1 Å². The van der Waals surface area contributed by atoms with Gasteiger partial charge in [-0.15, -0.1) is 22.9 Å². The Kier molecular flexibility index (Phi) is 3.79. The van der Waals surface area contributed by atoms with Crippen LogP contribution in [0.1, 0.15) is 37.4 Å². The fourth-order valence-electron chi connectivity index (χ4n) is 1.07. The predicted molar refractivity (Wildman–Crippen MR) is 67.4 cm³/mol. The van der Waals surface area contributed by atoms with E-state index in [-0.39, 0.29) is 10.8 Å². The van der Waals surface area contributed by atoms with Crippen molar-refractivity contribution in [3.05, 3.63) is 28.0 Å². The molecule has 0 nitrogen and oxygen atoms in total. The molecule has 78 valence electrons. The van der Waals surface area contributed by atoms with Crippen molar-refractivity contribution >= 4 is 29.0 Å². The van der Waals surface area contributed by atoms with Crippen LogP contribution in [0.5, 0.6) is 0 Å². The van der Waals surface area contributed by atoms with E-state index in [0.29, 0.717) is 0 Å². The fraction of sp³-hybridized carbons (Fsp3) is 0.500. The summed E-state index contributed by atoms with van der Waals surface area (Å²) >= 11 is 7.68. The summed E-state index contributed by atoms with van der Waals surface area (Å²) in [5, 5.41) is 0.107. The van der Waals surface area contributed by atoms with Gasteiger partial charge in [0.15, 0.2) is 0 Å². The molecule has 1 heterocycles. The van der Waals surface area contributed by atoms with E-state index in [9.17, 15) is 0 Å². The van der Waals surface area contributed by atoms with Gasteiger partial charge in [0.25, 0.3) is 0 Å². The summed E-state index contributed by atoms with van der Waals surface area (Å²) in [4.78, 5) is 2.70. The Bertz CT molecular complexity index is 315. The molecule has 0 amide bonds. The molecule has 0 radical (unpaired) electrons. The van der Waals surface area contributed by atoms with Crippen LogP contribution in [-0.2, 0) is 5.41 Å². The third-order valence-corrected chi connectivity index (χ3v) is 3.51. The maximum Gasteiger partial charge on any atom is 0.0491 e. The molecule has 14 heavy (non-hydrogen) atoms. The molecular formula is C12H17ClS. The molecule has 1 rings (SSSR count). The second-order valence-electron chi connectivity index (χ2n) is 4.49. The van der Waals surface area contributed by atoms with Crippen LogP contribution in [0, 0.1) is 0 Å². The highest BCUT2D eigenvalue weighted by atomic mass is 35.5. The maximum absolute atomic E-state index is 5.84. The van der Waals surface area contributed by atoms with Crippen LogP contribution < -0.4 is 0 Å². The largest absolute Gasteiger partial charge is 0.140 e. The second-order valence-corrected chi connectivity index (χ2v) is 6.29. The SMILES string of the molecule is CC(Cl)/C=C/c1ccc(C(C)(C)C)s1. The zero-order valence-corrected chi connectivity index (χ0v) is 10.7. The van der Waals surface area contributed by atoms with Gasteiger partial charge in [-0.2, -0.15) is 0 Å². The molecule has 0 aromatic carbocycles. The molecule has 1 aromatic heterocycles. The third-order valence-electron chi connectivity index (χ3n) is 1.89. The predicted octanol–water partition coefficient (Wildman–Crippen LogP) is 4.69. The van der Waals surface area contributed by atoms with Crippen molar-refractivity contribution in [3.63, 3.8) is 0 Å². The molecule has 2 heteroatoms. The van der Waals surface area contributed by atoms with E-state index in [1.165, 1.54) is 9.75 Å². The molecular weight excluding hydrogens is 212 g/mol. The lowest BCUT2D eigenvalue weighted by molar-refractivity contribution is 0.604. The van der Waals surface area contributed by atoms with Crippen LogP contribution in [-0.4, -0.2) is 5.38 Å². The summed E-state index contributed by atoms with van der Waals surface area (Å²) in [6.07, 6.45) is 4.11. The van der Waals surface area contributed by atoms with E-state index in [1.807, 2.05) is 24.3 Å². The summed E-state index contributed by atoms with van der Waals surface area (Å²) < 4.78 is 0. The number of hydrogen-bond donors (Lipinski definition) is 0. The molecule has 0 aliphatic heterocycles. The van der Waals surface area contributed by atoms with Gasteiger partial charge in [-0.05, 0) is 30.5 Å². The molecule has 0 aliphatic rings. The van der Waals surface area contributed by atoms with Crippen molar-refractivity contribution < 1.29 is 0 Å². The van der Waals surface area contributed by atoms with Crippen molar-refractivity contribution in [2.24, 2.45) is 0 Å². The van der Waals surface area contributed by atoms with Crippen LogP contribution in [0.25, 0.3) is 6.08 Å². The lowest BCUT2D eigenvalue weighted by atomic mass is 9.95. The highest BCUT2D eigenvalue weighted by Gasteiger charge is 2.15. The topological polar surface area (TPSA) is 0 Å². The monoisotopic (exact) mass is 228 g/mol. The van der Waals surface area contributed by atoms with E-state index in [2.05, 4.69) is 39.0 Å². The van der Waals surface area contributed by atoms with Crippen LogP contribution in [0.4, 0.5) is 0 Å². The van der Waals surface area contributed by atoms with Gasteiger partial charge in [-0.1, -0.05) is 26.8 Å². The Morgan fingerprint density at radius 3 is 2.43 bits per heavy atom. The van der Waals surface area contributed by atoms with Crippen molar-refractivity contribution in [1.29, 1.82) is 0 Å². The van der Waals surface area contributed by atoms with Crippen LogP contribution in [0.15, 0.2) is 18.2 Å². The quantitative estimate of drug-likeness (QED) is 0.645. The first kappa shape index (κ1) is 11.8. The molecule has 1 unspecified atom stereocenters. The standard InChI is InChI=1S/C12H17ClS/c1-9(13)5-6-10-7-8-11(14-10)12(2,3)4/h5-9H,1-4H3/b6-5+. The zero-order chi connectivity index (χ0) is 10.8. The minimum Gasteiger partial charge on any atom is -0.140 e. The third kappa shape index (κ3) is 3.47. The average Bonchev–Trinajstić information content (AvgIpc) is 2.47. The minimum absolute atomic E-state index is 0.107. The van der Waals surface area contributed by atoms with E-state index < -0.39 is 0 Å². The number of hydrogen-bond acceptors (Lipinski definition) is 1. The molecule has 0 fully saturated rings. The Hall–Kier alpha value is -0.270. The van der Waals surface area contributed by atoms with Gasteiger partial charge in [0.2, 0.25) is 0 Å². The van der Waals surface area contributed by atoms with Gasteiger partial charge in [-0.25, -0.2) is 0 Å². The first-order valence-corrected chi connectivity index (χ1v) is 6.07. The Labute approximate surface area is 95.6 Å². The van der Waals surface area contributed by atoms with Crippen molar-refractivity contribution in [1.82, 2.24) is 0 Å². The molecule has 0 bridgehead atoms. The number of halogens is 1. The lowest BCUT2D eigenvalue weighted by Crippen LogP contribution is -2.07. The second kappa shape index (κ2) is 4.50. The van der Waals surface area contributed by atoms with E-state index in [4.69, 9.17) is 11.6 Å². The lowest BCUT2D eigenvalue weighted by Gasteiger charge is -2.15. The fourth-order valence-corrected chi connectivity index (χ4v) is 2.12. The summed E-state index contributed by atoms with van der Waals surface area (Å²) in [6.45, 7) is 8.67. The van der Waals surface area contributed by atoms with Crippen molar-refractivity contribution in [2.75, 3.05) is 0 Å². The molecule has 0 spiro atoms. The van der Waals surface area contributed by atoms with E-state index in [1.54, 1.807) is 0 Å². The summed E-state index contributed by atoms with van der Waals surface area (Å²) in [5.41, 5.74) is 0.253. The van der Waals surface area contributed by atoms with Gasteiger partial charge in [0.05, 0.1) is 0 Å². The highest BCUT2D eigenvalue weighted by Crippen LogP contribution is 2.30. The first-order chi connectivity index (χ1) is 6.39. The van der Waals surface area contributed by atoms with Gasteiger partial charge < -0.3 is 0 Å². The smallest absolute Gasteiger partial charge is 0.0491 e. The molecule has 1 atom stereocenters. The maximum atomic E-state index is 5.84. The molecule has 0 saturated carbocycles. The van der Waals surface area contributed by atoms with Gasteiger partial charge >= 0.3 is 0 Å². The highest BCUT2D eigenvalue weighted by molar-refractivity contribution is 7.13. The van der Waals surface area contributed by atoms with Crippen LogP contribution in [0.3, 0.4) is 0 Å².